The lowest BCUT2D eigenvalue weighted by Gasteiger charge is -2.16. The molecule has 2 heterocycles. The number of halogens is 1. The number of hydrogen-bond donors (Lipinski definition) is 1. The van der Waals surface area contributed by atoms with Crippen molar-refractivity contribution in [3.8, 4) is 11.5 Å². The van der Waals surface area contributed by atoms with Crippen LogP contribution in [0.25, 0.3) is 9.40 Å². The van der Waals surface area contributed by atoms with Gasteiger partial charge < -0.3 is 15.2 Å². The Kier molecular flexibility index (Phi) is 4.21. The van der Waals surface area contributed by atoms with Crippen LogP contribution in [0.1, 0.15) is 16.5 Å². The molecule has 0 radical (unpaired) electrons. The van der Waals surface area contributed by atoms with Crippen LogP contribution in [0.2, 0.25) is 0 Å². The maximum Gasteiger partial charge on any atom is 0.161 e. The lowest BCUT2D eigenvalue weighted by Crippen LogP contribution is -2.11. The molecule has 21 heavy (non-hydrogen) atoms. The van der Waals surface area contributed by atoms with Gasteiger partial charge in [-0.3, -0.25) is 0 Å². The third-order valence-electron chi connectivity index (χ3n) is 3.30. The monoisotopic (exact) mass is 383 g/mol. The zero-order valence-electron chi connectivity index (χ0n) is 11.6. The van der Waals surface area contributed by atoms with Crippen molar-refractivity contribution in [2.45, 2.75) is 6.04 Å². The lowest BCUT2D eigenvalue weighted by atomic mass is 10.1. The fourth-order valence-electron chi connectivity index (χ4n) is 2.20. The summed E-state index contributed by atoms with van der Waals surface area (Å²) in [6, 6.07) is 7.93. The number of rotatable bonds is 4. The predicted octanol–water partition coefficient (Wildman–Crippen LogP) is 4.79. The van der Waals surface area contributed by atoms with Crippen molar-refractivity contribution >= 4 is 48.0 Å². The van der Waals surface area contributed by atoms with Crippen molar-refractivity contribution in [2.24, 2.45) is 5.73 Å². The molecule has 3 aromatic rings. The number of hydrogen-bond acceptors (Lipinski definition) is 5. The first-order chi connectivity index (χ1) is 10.1. The Bertz CT molecular complexity index is 753. The number of nitrogens with two attached hydrogens (primary N) is 1. The Morgan fingerprint density at radius 2 is 1.81 bits per heavy atom. The molecule has 1 aromatic carbocycles. The van der Waals surface area contributed by atoms with Gasteiger partial charge in [0.25, 0.3) is 0 Å². The summed E-state index contributed by atoms with van der Waals surface area (Å²) in [6.45, 7) is 0. The highest BCUT2D eigenvalue weighted by molar-refractivity contribution is 9.10. The number of methoxy groups -OCH3 is 2. The predicted molar refractivity (Wildman–Crippen MR) is 93.0 cm³/mol. The molecule has 0 saturated carbocycles. The maximum atomic E-state index is 6.44. The first-order valence-corrected chi connectivity index (χ1v) is 8.77. The summed E-state index contributed by atoms with van der Waals surface area (Å²) in [4.78, 5) is 1.14. The standard InChI is InChI=1S/C15H14BrNO2S2/c1-18-10-5-8(9(16)6-11(10)19-2)15(17)14-7-13-12(21-14)3-4-20-13/h3-7,15H,17H2,1-2H3. The van der Waals surface area contributed by atoms with Crippen LogP contribution in [0.5, 0.6) is 11.5 Å². The highest BCUT2D eigenvalue weighted by Gasteiger charge is 2.18. The fourth-order valence-corrected chi connectivity index (χ4v) is 4.91. The number of fused-ring (bicyclic) bond motifs is 1. The second-order valence-electron chi connectivity index (χ2n) is 4.50. The highest BCUT2D eigenvalue weighted by atomic mass is 79.9. The molecule has 6 heteroatoms. The van der Waals surface area contributed by atoms with E-state index in [1.165, 1.54) is 9.40 Å². The van der Waals surface area contributed by atoms with E-state index in [9.17, 15) is 0 Å². The van der Waals surface area contributed by atoms with E-state index >= 15 is 0 Å². The quantitative estimate of drug-likeness (QED) is 0.704. The van der Waals surface area contributed by atoms with Crippen molar-refractivity contribution < 1.29 is 9.47 Å². The second-order valence-corrected chi connectivity index (χ2v) is 7.42. The van der Waals surface area contributed by atoms with Gasteiger partial charge in [0, 0.05) is 18.7 Å². The molecule has 110 valence electrons. The molecule has 0 amide bonds. The second kappa shape index (κ2) is 5.96. The molecule has 2 aromatic heterocycles. The summed E-state index contributed by atoms with van der Waals surface area (Å²) in [5.74, 6) is 1.37. The third kappa shape index (κ3) is 2.68. The average Bonchev–Trinajstić information content (AvgIpc) is 3.07. The minimum absolute atomic E-state index is 0.191. The summed E-state index contributed by atoms with van der Waals surface area (Å²) in [7, 11) is 3.25. The first-order valence-electron chi connectivity index (χ1n) is 6.28. The third-order valence-corrected chi connectivity index (χ3v) is 6.17. The molecule has 0 aliphatic heterocycles. The Morgan fingerprint density at radius 1 is 1.10 bits per heavy atom. The van der Waals surface area contributed by atoms with Gasteiger partial charge in [0.2, 0.25) is 0 Å². The molecule has 2 N–H and O–H groups in total. The van der Waals surface area contributed by atoms with Gasteiger partial charge in [0.15, 0.2) is 11.5 Å². The minimum atomic E-state index is -0.191. The largest absolute Gasteiger partial charge is 0.493 e. The normalized spacial score (nSPS) is 12.6. The average molecular weight is 384 g/mol. The van der Waals surface area contributed by atoms with E-state index in [1.54, 1.807) is 36.9 Å². The van der Waals surface area contributed by atoms with Crippen LogP contribution in [-0.4, -0.2) is 14.2 Å². The topological polar surface area (TPSA) is 44.5 Å². The molecular weight excluding hydrogens is 370 g/mol. The van der Waals surface area contributed by atoms with Gasteiger partial charge in [-0.25, -0.2) is 0 Å². The van der Waals surface area contributed by atoms with Gasteiger partial charge in [0.1, 0.15) is 0 Å². The molecule has 0 spiro atoms. The van der Waals surface area contributed by atoms with Crippen LogP contribution in [0.4, 0.5) is 0 Å². The zero-order chi connectivity index (χ0) is 15.0. The van der Waals surface area contributed by atoms with Crippen LogP contribution >= 0.6 is 38.6 Å². The van der Waals surface area contributed by atoms with Gasteiger partial charge in [-0.05, 0) is 35.2 Å². The van der Waals surface area contributed by atoms with E-state index in [0.29, 0.717) is 11.5 Å². The summed E-state index contributed by atoms with van der Waals surface area (Å²) in [5.41, 5.74) is 7.43. The van der Waals surface area contributed by atoms with Gasteiger partial charge >= 0.3 is 0 Å². The zero-order valence-corrected chi connectivity index (χ0v) is 14.8. The molecule has 3 nitrogen and oxygen atoms in total. The van der Waals surface area contributed by atoms with E-state index in [0.717, 1.165) is 14.9 Å². The summed E-state index contributed by atoms with van der Waals surface area (Å²) in [6.07, 6.45) is 0. The number of thiophene rings is 2. The molecule has 1 atom stereocenters. The summed E-state index contributed by atoms with van der Waals surface area (Å²) < 4.78 is 14.1. The number of benzene rings is 1. The molecule has 0 saturated heterocycles. The number of ether oxygens (including phenoxy) is 2. The molecule has 1 unspecified atom stereocenters. The summed E-state index contributed by atoms with van der Waals surface area (Å²) in [5, 5.41) is 2.10. The van der Waals surface area contributed by atoms with Gasteiger partial charge in [-0.2, -0.15) is 0 Å². The van der Waals surface area contributed by atoms with E-state index in [2.05, 4.69) is 33.4 Å². The first kappa shape index (κ1) is 14.8. The summed E-state index contributed by atoms with van der Waals surface area (Å²) >= 11 is 7.04. The van der Waals surface area contributed by atoms with E-state index in [1.807, 2.05) is 12.1 Å². The Hall–Kier alpha value is -1.08. The van der Waals surface area contributed by atoms with Crippen molar-refractivity contribution in [1.29, 1.82) is 0 Å². The molecule has 0 aliphatic rings. The van der Waals surface area contributed by atoms with Crippen LogP contribution in [0, 0.1) is 0 Å². The fraction of sp³-hybridized carbons (Fsp3) is 0.200. The van der Waals surface area contributed by atoms with Crippen molar-refractivity contribution in [3.63, 3.8) is 0 Å². The van der Waals surface area contributed by atoms with Crippen LogP contribution in [0.3, 0.4) is 0 Å². The van der Waals surface area contributed by atoms with E-state index < -0.39 is 0 Å². The maximum absolute atomic E-state index is 6.44. The molecule has 3 rings (SSSR count). The highest BCUT2D eigenvalue weighted by Crippen LogP contribution is 2.40. The molecule has 0 fully saturated rings. The van der Waals surface area contributed by atoms with Crippen LogP contribution in [-0.2, 0) is 0 Å². The Morgan fingerprint density at radius 3 is 2.48 bits per heavy atom. The Balaban J connectivity index is 2.04. The van der Waals surface area contributed by atoms with Crippen molar-refractivity contribution in [3.05, 3.63) is 44.6 Å². The minimum Gasteiger partial charge on any atom is -0.493 e. The van der Waals surface area contributed by atoms with E-state index in [-0.39, 0.29) is 6.04 Å². The van der Waals surface area contributed by atoms with E-state index in [4.69, 9.17) is 15.2 Å². The van der Waals surface area contributed by atoms with Crippen LogP contribution < -0.4 is 15.2 Å². The van der Waals surface area contributed by atoms with Crippen LogP contribution in [0.15, 0.2) is 34.1 Å². The Labute approximate surface area is 139 Å². The smallest absolute Gasteiger partial charge is 0.161 e. The van der Waals surface area contributed by atoms with Gasteiger partial charge in [-0.1, -0.05) is 15.9 Å². The van der Waals surface area contributed by atoms with Crippen molar-refractivity contribution in [2.75, 3.05) is 14.2 Å². The molecular formula is C15H14BrNO2S2. The lowest BCUT2D eigenvalue weighted by molar-refractivity contribution is 0.354. The molecule has 0 bridgehead atoms. The van der Waals surface area contributed by atoms with Crippen molar-refractivity contribution in [1.82, 2.24) is 0 Å². The van der Waals surface area contributed by atoms with Gasteiger partial charge in [0.05, 0.1) is 20.3 Å². The SMILES string of the molecule is COc1cc(Br)c(C(N)c2cc3sccc3s2)cc1OC. The van der Waals surface area contributed by atoms with Gasteiger partial charge in [-0.15, -0.1) is 22.7 Å². The molecule has 0 aliphatic carbocycles.